The third kappa shape index (κ3) is 3.46. The van der Waals surface area contributed by atoms with E-state index in [1.807, 2.05) is 32.0 Å². The predicted molar refractivity (Wildman–Crippen MR) is 65.3 cm³/mol. The molecule has 17 heavy (non-hydrogen) atoms. The van der Waals surface area contributed by atoms with Crippen LogP contribution in [-0.2, 0) is 9.53 Å². The van der Waals surface area contributed by atoms with E-state index in [0.29, 0.717) is 13.0 Å². The van der Waals surface area contributed by atoms with Crippen molar-refractivity contribution in [1.29, 1.82) is 0 Å². The van der Waals surface area contributed by atoms with E-state index < -0.39 is 0 Å². The number of epoxide rings is 1. The van der Waals surface area contributed by atoms with Gasteiger partial charge in [0.2, 0.25) is 5.91 Å². The summed E-state index contributed by atoms with van der Waals surface area (Å²) in [6.45, 7) is 5.19. The lowest BCUT2D eigenvalue weighted by atomic mass is 10.2. The van der Waals surface area contributed by atoms with Crippen molar-refractivity contribution in [3.05, 3.63) is 23.8 Å². The minimum absolute atomic E-state index is 0.0180. The fraction of sp³-hybridized carbons (Fsp3) is 0.462. The van der Waals surface area contributed by atoms with Crippen LogP contribution in [0.25, 0.3) is 0 Å². The highest BCUT2D eigenvalue weighted by Gasteiger charge is 2.23. The lowest BCUT2D eigenvalue weighted by Crippen LogP contribution is -2.10. The molecular weight excluding hydrogens is 218 g/mol. The first kappa shape index (κ1) is 11.9. The van der Waals surface area contributed by atoms with Gasteiger partial charge in [0.25, 0.3) is 0 Å². The van der Waals surface area contributed by atoms with Crippen LogP contribution in [-0.4, -0.2) is 25.2 Å². The Labute approximate surface area is 101 Å². The Morgan fingerprint density at radius 2 is 2.35 bits per heavy atom. The second-order valence-corrected chi connectivity index (χ2v) is 4.15. The number of hydrogen-bond donors (Lipinski definition) is 1. The molecule has 1 fully saturated rings. The monoisotopic (exact) mass is 235 g/mol. The van der Waals surface area contributed by atoms with Crippen LogP contribution in [0, 0.1) is 6.92 Å². The number of hydrogen-bond acceptors (Lipinski definition) is 3. The number of aryl methyl sites for hydroxylation is 1. The summed E-state index contributed by atoms with van der Waals surface area (Å²) >= 11 is 0. The molecule has 1 amide bonds. The van der Waals surface area contributed by atoms with Crippen LogP contribution in [0.4, 0.5) is 5.69 Å². The van der Waals surface area contributed by atoms with Crippen molar-refractivity contribution >= 4 is 11.6 Å². The molecule has 0 spiro atoms. The van der Waals surface area contributed by atoms with Crippen LogP contribution in [0.15, 0.2) is 18.2 Å². The van der Waals surface area contributed by atoms with Crippen molar-refractivity contribution < 1.29 is 14.3 Å². The third-order valence-electron chi connectivity index (χ3n) is 2.61. The molecule has 1 unspecified atom stereocenters. The fourth-order valence-electron chi connectivity index (χ4n) is 1.49. The van der Waals surface area contributed by atoms with E-state index in [-0.39, 0.29) is 12.0 Å². The molecule has 0 aliphatic carbocycles. The molecule has 4 nitrogen and oxygen atoms in total. The fourth-order valence-corrected chi connectivity index (χ4v) is 1.49. The van der Waals surface area contributed by atoms with Crippen molar-refractivity contribution in [3.8, 4) is 5.75 Å². The zero-order chi connectivity index (χ0) is 12.3. The van der Waals surface area contributed by atoms with Gasteiger partial charge in [-0.15, -0.1) is 0 Å². The molecule has 92 valence electrons. The van der Waals surface area contributed by atoms with Crippen LogP contribution < -0.4 is 10.1 Å². The predicted octanol–water partition coefficient (Wildman–Crippen LogP) is 2.12. The molecule has 0 bridgehead atoms. The van der Waals surface area contributed by atoms with E-state index in [4.69, 9.17) is 9.47 Å². The average molecular weight is 235 g/mol. The molecular formula is C13H17NO3. The van der Waals surface area contributed by atoms with Crippen LogP contribution in [0.1, 0.15) is 18.9 Å². The molecule has 2 rings (SSSR count). The molecule has 0 radical (unpaired) electrons. The molecule has 1 atom stereocenters. The summed E-state index contributed by atoms with van der Waals surface area (Å²) in [5, 5.41) is 2.82. The van der Waals surface area contributed by atoms with E-state index in [9.17, 15) is 4.79 Å². The summed E-state index contributed by atoms with van der Waals surface area (Å²) in [6, 6.07) is 5.64. The molecule has 4 heteroatoms. The first-order valence-corrected chi connectivity index (χ1v) is 5.84. The van der Waals surface area contributed by atoms with Gasteiger partial charge in [-0.1, -0.05) is 6.92 Å². The topological polar surface area (TPSA) is 50.9 Å². The Hall–Kier alpha value is -1.55. The zero-order valence-electron chi connectivity index (χ0n) is 10.2. The quantitative estimate of drug-likeness (QED) is 0.795. The SMILES string of the molecule is CCC(=O)Nc1ccc(OCC2CO2)c(C)c1. The second-order valence-electron chi connectivity index (χ2n) is 4.15. The number of carbonyl (C=O) groups is 1. The molecule has 1 aromatic carbocycles. The normalized spacial score (nSPS) is 17.6. The van der Waals surface area contributed by atoms with Crippen molar-refractivity contribution in [2.24, 2.45) is 0 Å². The van der Waals surface area contributed by atoms with Crippen LogP contribution in [0.2, 0.25) is 0 Å². The zero-order valence-corrected chi connectivity index (χ0v) is 10.2. The van der Waals surface area contributed by atoms with Gasteiger partial charge in [0.05, 0.1) is 6.61 Å². The lowest BCUT2D eigenvalue weighted by Gasteiger charge is -2.10. The summed E-state index contributed by atoms with van der Waals surface area (Å²) in [5.74, 6) is 0.861. The van der Waals surface area contributed by atoms with Crippen molar-refractivity contribution in [3.63, 3.8) is 0 Å². The van der Waals surface area contributed by atoms with Crippen LogP contribution in [0.3, 0.4) is 0 Å². The van der Waals surface area contributed by atoms with E-state index in [1.54, 1.807) is 0 Å². The van der Waals surface area contributed by atoms with Gasteiger partial charge in [-0.3, -0.25) is 4.79 Å². The Morgan fingerprint density at radius 1 is 1.59 bits per heavy atom. The van der Waals surface area contributed by atoms with Gasteiger partial charge in [-0.2, -0.15) is 0 Å². The number of amides is 1. The minimum Gasteiger partial charge on any atom is -0.491 e. The standard InChI is InChI=1S/C13H17NO3/c1-3-13(15)14-10-4-5-12(9(2)6-10)17-8-11-7-16-11/h4-6,11H,3,7-8H2,1-2H3,(H,14,15). The maximum atomic E-state index is 11.2. The Kier molecular flexibility index (Phi) is 3.64. The molecule has 1 aliphatic rings. The molecule has 1 aromatic rings. The number of ether oxygens (including phenoxy) is 2. The molecule has 1 aliphatic heterocycles. The van der Waals surface area contributed by atoms with Gasteiger partial charge in [0, 0.05) is 12.1 Å². The highest BCUT2D eigenvalue weighted by Crippen LogP contribution is 2.23. The molecule has 1 saturated heterocycles. The van der Waals surface area contributed by atoms with Gasteiger partial charge >= 0.3 is 0 Å². The van der Waals surface area contributed by atoms with E-state index in [1.165, 1.54) is 0 Å². The molecule has 1 N–H and O–H groups in total. The number of rotatable bonds is 5. The molecule has 1 heterocycles. The number of carbonyl (C=O) groups excluding carboxylic acids is 1. The number of anilines is 1. The largest absolute Gasteiger partial charge is 0.491 e. The van der Waals surface area contributed by atoms with Gasteiger partial charge in [0.1, 0.15) is 18.5 Å². The Bertz CT molecular complexity index is 413. The van der Waals surface area contributed by atoms with E-state index in [2.05, 4.69) is 5.32 Å². The summed E-state index contributed by atoms with van der Waals surface area (Å²) in [4.78, 5) is 11.2. The second kappa shape index (κ2) is 5.19. The first-order chi connectivity index (χ1) is 8.19. The van der Waals surface area contributed by atoms with Crippen LogP contribution in [0.5, 0.6) is 5.75 Å². The van der Waals surface area contributed by atoms with Crippen LogP contribution >= 0.6 is 0 Å². The average Bonchev–Trinajstić information content (AvgIpc) is 3.12. The van der Waals surface area contributed by atoms with Gasteiger partial charge < -0.3 is 14.8 Å². The summed E-state index contributed by atoms with van der Waals surface area (Å²) in [7, 11) is 0. The highest BCUT2D eigenvalue weighted by molar-refractivity contribution is 5.90. The highest BCUT2D eigenvalue weighted by atomic mass is 16.6. The summed E-state index contributed by atoms with van der Waals surface area (Å²) in [5.41, 5.74) is 1.82. The maximum Gasteiger partial charge on any atom is 0.224 e. The van der Waals surface area contributed by atoms with Crippen molar-refractivity contribution in [2.45, 2.75) is 26.4 Å². The van der Waals surface area contributed by atoms with E-state index in [0.717, 1.165) is 23.6 Å². The van der Waals surface area contributed by atoms with Gasteiger partial charge in [-0.25, -0.2) is 0 Å². The molecule has 0 saturated carbocycles. The van der Waals surface area contributed by atoms with Gasteiger partial charge in [-0.05, 0) is 30.7 Å². The Morgan fingerprint density at radius 3 is 2.94 bits per heavy atom. The third-order valence-corrected chi connectivity index (χ3v) is 2.61. The van der Waals surface area contributed by atoms with Crippen molar-refractivity contribution in [2.75, 3.05) is 18.5 Å². The molecule has 0 aromatic heterocycles. The number of benzene rings is 1. The summed E-state index contributed by atoms with van der Waals surface area (Å²) in [6.07, 6.45) is 0.741. The lowest BCUT2D eigenvalue weighted by molar-refractivity contribution is -0.115. The number of nitrogens with one attached hydrogen (secondary N) is 1. The minimum atomic E-state index is 0.0180. The van der Waals surface area contributed by atoms with E-state index >= 15 is 0 Å². The smallest absolute Gasteiger partial charge is 0.224 e. The Balaban J connectivity index is 1.97. The van der Waals surface area contributed by atoms with Crippen molar-refractivity contribution in [1.82, 2.24) is 0 Å². The van der Waals surface area contributed by atoms with Gasteiger partial charge in [0.15, 0.2) is 0 Å². The maximum absolute atomic E-state index is 11.2. The summed E-state index contributed by atoms with van der Waals surface area (Å²) < 4.78 is 10.7. The first-order valence-electron chi connectivity index (χ1n) is 5.84.